The van der Waals surface area contributed by atoms with Crippen molar-refractivity contribution in [1.82, 2.24) is 0 Å². The topological polar surface area (TPSA) is 46.2 Å². The molecule has 2 fully saturated rings. The molecule has 0 radical (unpaired) electrons. The van der Waals surface area contributed by atoms with Gasteiger partial charge in [-0.05, 0) is 61.0 Å². The van der Waals surface area contributed by atoms with Gasteiger partial charge >= 0.3 is 7.12 Å². The summed E-state index contributed by atoms with van der Waals surface area (Å²) in [6.07, 6.45) is 25.9. The monoisotopic (exact) mass is 634 g/mol. The van der Waals surface area contributed by atoms with Crippen LogP contribution in [0.15, 0.2) is 48.5 Å². The Morgan fingerprint density at radius 2 is 1.04 bits per heavy atom. The number of rotatable bonds is 24. The molecule has 46 heavy (non-hydrogen) atoms. The van der Waals surface area contributed by atoms with Crippen LogP contribution in [0.25, 0.3) is 0 Å². The Bertz CT molecular complexity index is 1030. The highest BCUT2D eigenvalue weighted by atomic mass is 16.6. The zero-order valence-corrected chi connectivity index (χ0v) is 29.2. The molecule has 4 rings (SSSR count). The molecule has 0 aromatic heterocycles. The van der Waals surface area contributed by atoms with E-state index in [1.54, 1.807) is 0 Å². The van der Waals surface area contributed by atoms with E-state index in [1.807, 2.05) is 12.1 Å². The summed E-state index contributed by atoms with van der Waals surface area (Å²) < 4.78 is 31.0. The first kappa shape index (κ1) is 36.8. The van der Waals surface area contributed by atoms with Gasteiger partial charge in [0.25, 0.3) is 0 Å². The van der Waals surface area contributed by atoms with E-state index < -0.39 is 0 Å². The quantitative estimate of drug-likeness (QED) is 0.0849. The zero-order chi connectivity index (χ0) is 32.1. The van der Waals surface area contributed by atoms with Crippen LogP contribution >= 0.6 is 0 Å². The molecule has 5 nitrogen and oxygen atoms in total. The van der Waals surface area contributed by atoms with Crippen molar-refractivity contribution in [3.8, 4) is 11.5 Å². The third-order valence-electron chi connectivity index (χ3n) is 9.61. The Labute approximate surface area is 281 Å². The van der Waals surface area contributed by atoms with Crippen LogP contribution in [0, 0.1) is 0 Å². The molecule has 3 atom stereocenters. The average molecular weight is 635 g/mol. The van der Waals surface area contributed by atoms with Gasteiger partial charge in [0.15, 0.2) is 0 Å². The summed E-state index contributed by atoms with van der Waals surface area (Å²) in [6.45, 7) is 6.67. The standard InChI is InChI=1S/C40H63BO5/c1-3-5-7-9-11-13-14-16-18-20-32-43-37-27-23-35(24-28-37)41-44-33-40-39(46-41)30-29-38(45-40)34-21-25-36(26-22-34)42-31-19-17-15-12-10-8-6-4-2/h21-28,38-40H,3-20,29-33H2,1-2H3/t38-,39+,40-/m1/s1. The molecular formula is C40H63BO5. The van der Waals surface area contributed by atoms with Gasteiger partial charge in [-0.2, -0.15) is 0 Å². The van der Waals surface area contributed by atoms with Crippen LogP contribution in [0.1, 0.15) is 154 Å². The second kappa shape index (κ2) is 22.5. The van der Waals surface area contributed by atoms with E-state index in [9.17, 15) is 0 Å². The van der Waals surface area contributed by atoms with Crippen molar-refractivity contribution in [3.05, 3.63) is 54.1 Å². The maximum Gasteiger partial charge on any atom is 0.494 e. The summed E-state index contributed by atoms with van der Waals surface area (Å²) in [5.41, 5.74) is 2.24. The SMILES string of the molecule is CCCCCCCCCCCCOc1ccc(B2OC[C@H]3O[C@@H](c4ccc(OCCCCCCCCCC)cc4)CC[C@@H]3O2)cc1. The van der Waals surface area contributed by atoms with Crippen LogP contribution in [0.3, 0.4) is 0 Å². The van der Waals surface area contributed by atoms with E-state index in [0.717, 1.165) is 55.9 Å². The Morgan fingerprint density at radius 3 is 1.57 bits per heavy atom. The lowest BCUT2D eigenvalue weighted by atomic mass is 9.76. The molecule has 0 spiro atoms. The van der Waals surface area contributed by atoms with Crippen molar-refractivity contribution in [3.63, 3.8) is 0 Å². The number of unbranched alkanes of at least 4 members (excludes halogenated alkanes) is 16. The number of fused-ring (bicyclic) bond motifs is 1. The highest BCUT2D eigenvalue weighted by molar-refractivity contribution is 6.61. The van der Waals surface area contributed by atoms with Crippen LogP contribution in [0.4, 0.5) is 0 Å². The molecule has 2 aromatic rings. The first-order valence-corrected chi connectivity index (χ1v) is 19.1. The van der Waals surface area contributed by atoms with Crippen molar-refractivity contribution >= 4 is 12.6 Å². The van der Waals surface area contributed by atoms with Gasteiger partial charge in [-0.1, -0.05) is 141 Å². The van der Waals surface area contributed by atoms with E-state index in [1.165, 1.54) is 108 Å². The van der Waals surface area contributed by atoms with Gasteiger partial charge in [-0.25, -0.2) is 0 Å². The second-order valence-electron chi connectivity index (χ2n) is 13.6. The van der Waals surface area contributed by atoms with Gasteiger partial charge in [-0.3, -0.25) is 0 Å². The third kappa shape index (κ3) is 13.6. The summed E-state index contributed by atoms with van der Waals surface area (Å²) in [5.74, 6) is 1.87. The fourth-order valence-electron chi connectivity index (χ4n) is 6.68. The highest BCUT2D eigenvalue weighted by Crippen LogP contribution is 2.35. The Balaban J connectivity index is 1.07. The van der Waals surface area contributed by atoms with Crippen LogP contribution < -0.4 is 14.9 Å². The number of benzene rings is 2. The summed E-state index contributed by atoms with van der Waals surface area (Å²) in [6, 6.07) is 16.7. The predicted octanol–water partition coefficient (Wildman–Crippen LogP) is 10.5. The Hall–Kier alpha value is -2.02. The summed E-state index contributed by atoms with van der Waals surface area (Å²) in [7, 11) is -0.352. The van der Waals surface area contributed by atoms with Crippen molar-refractivity contribution in [2.24, 2.45) is 0 Å². The van der Waals surface area contributed by atoms with Gasteiger partial charge < -0.3 is 23.5 Å². The molecule has 0 bridgehead atoms. The average Bonchev–Trinajstić information content (AvgIpc) is 3.10. The molecular weight excluding hydrogens is 571 g/mol. The number of hydrogen-bond acceptors (Lipinski definition) is 5. The molecule has 0 aliphatic carbocycles. The molecule has 2 aromatic carbocycles. The van der Waals surface area contributed by atoms with Gasteiger partial charge in [0.2, 0.25) is 0 Å². The van der Waals surface area contributed by atoms with Crippen molar-refractivity contribution in [2.75, 3.05) is 19.8 Å². The number of ether oxygens (including phenoxy) is 3. The molecule has 0 N–H and O–H groups in total. The second-order valence-corrected chi connectivity index (χ2v) is 13.6. The first-order valence-electron chi connectivity index (χ1n) is 19.1. The van der Waals surface area contributed by atoms with E-state index in [0.29, 0.717) is 6.61 Å². The van der Waals surface area contributed by atoms with Crippen LogP contribution in [0.5, 0.6) is 11.5 Å². The Morgan fingerprint density at radius 1 is 0.565 bits per heavy atom. The summed E-state index contributed by atoms with van der Waals surface area (Å²) in [5, 5.41) is 0. The summed E-state index contributed by atoms with van der Waals surface area (Å²) in [4.78, 5) is 0. The minimum absolute atomic E-state index is 0.0448. The van der Waals surface area contributed by atoms with Crippen LogP contribution in [-0.2, 0) is 14.0 Å². The predicted molar refractivity (Wildman–Crippen MR) is 191 cm³/mol. The van der Waals surface area contributed by atoms with Crippen LogP contribution in [0.2, 0.25) is 0 Å². The first-order chi connectivity index (χ1) is 22.8. The van der Waals surface area contributed by atoms with E-state index >= 15 is 0 Å². The molecule has 2 heterocycles. The number of hydrogen-bond donors (Lipinski definition) is 0. The maximum atomic E-state index is 6.47. The summed E-state index contributed by atoms with van der Waals surface area (Å²) >= 11 is 0. The molecule has 6 heteroatoms. The Kier molecular flexibility index (Phi) is 18.0. The molecule has 2 aliphatic heterocycles. The zero-order valence-electron chi connectivity index (χ0n) is 29.2. The minimum atomic E-state index is -0.352. The molecule has 256 valence electrons. The highest BCUT2D eigenvalue weighted by Gasteiger charge is 2.41. The van der Waals surface area contributed by atoms with Gasteiger partial charge in [0.05, 0.1) is 32.0 Å². The molecule has 0 amide bonds. The fraction of sp³-hybridized carbons (Fsp3) is 0.700. The van der Waals surface area contributed by atoms with Gasteiger partial charge in [0.1, 0.15) is 17.6 Å². The van der Waals surface area contributed by atoms with E-state index in [2.05, 4.69) is 50.2 Å². The van der Waals surface area contributed by atoms with E-state index in [4.69, 9.17) is 23.5 Å². The van der Waals surface area contributed by atoms with Gasteiger partial charge in [0, 0.05) is 0 Å². The molecule has 2 saturated heterocycles. The largest absolute Gasteiger partial charge is 0.494 e. The smallest absolute Gasteiger partial charge is 0.494 e. The lowest BCUT2D eigenvalue weighted by Crippen LogP contribution is -2.54. The fourth-order valence-corrected chi connectivity index (χ4v) is 6.68. The minimum Gasteiger partial charge on any atom is -0.494 e. The van der Waals surface area contributed by atoms with Crippen LogP contribution in [-0.4, -0.2) is 39.1 Å². The van der Waals surface area contributed by atoms with Gasteiger partial charge in [-0.15, -0.1) is 0 Å². The van der Waals surface area contributed by atoms with E-state index in [-0.39, 0.29) is 25.4 Å². The van der Waals surface area contributed by atoms with Crippen molar-refractivity contribution < 1.29 is 23.5 Å². The maximum absolute atomic E-state index is 6.47. The molecule has 2 aliphatic rings. The normalized spacial score (nSPS) is 19.6. The van der Waals surface area contributed by atoms with Crippen molar-refractivity contribution in [1.29, 1.82) is 0 Å². The lowest BCUT2D eigenvalue weighted by molar-refractivity contribution is -0.150. The lowest BCUT2D eigenvalue weighted by Gasteiger charge is -2.41. The third-order valence-corrected chi connectivity index (χ3v) is 9.61. The molecule has 0 unspecified atom stereocenters. The molecule has 0 saturated carbocycles. The van der Waals surface area contributed by atoms with Crippen molar-refractivity contribution in [2.45, 2.75) is 161 Å².